The molecule has 0 aliphatic heterocycles. The summed E-state index contributed by atoms with van der Waals surface area (Å²) in [5, 5.41) is 24.0. The number of amides is 2. The molecule has 0 saturated heterocycles. The zero-order valence-electron chi connectivity index (χ0n) is 18.3. The van der Waals surface area contributed by atoms with Gasteiger partial charge in [-0.1, -0.05) is 0 Å². The van der Waals surface area contributed by atoms with Gasteiger partial charge in [-0.05, 0) is 94.9 Å². The number of nitrogens with one attached hydrogen (secondary N) is 2. The first-order valence-electron chi connectivity index (χ1n) is 10.1. The number of ether oxygens (including phenoxy) is 2. The summed E-state index contributed by atoms with van der Waals surface area (Å²) < 4.78 is 24.6. The number of nitrogens with zero attached hydrogens (tertiary/aromatic N) is 1. The summed E-state index contributed by atoms with van der Waals surface area (Å²) in [6, 6.07) is 16.3. The smallest absolute Gasteiger partial charge is 0.266 e. The molecular formula is C25H19FIN3O5. The van der Waals surface area contributed by atoms with E-state index in [9.17, 15) is 24.3 Å². The molecule has 3 aromatic carbocycles. The van der Waals surface area contributed by atoms with E-state index in [-0.39, 0.29) is 17.9 Å². The Bertz CT molecular complexity index is 1300. The lowest BCUT2D eigenvalue weighted by atomic mass is 10.1. The lowest BCUT2D eigenvalue weighted by molar-refractivity contribution is -0.118. The van der Waals surface area contributed by atoms with Crippen LogP contribution in [-0.2, 0) is 9.59 Å². The number of nitriles is 1. The van der Waals surface area contributed by atoms with Crippen molar-refractivity contribution >= 4 is 51.9 Å². The quantitative estimate of drug-likeness (QED) is 0.152. The van der Waals surface area contributed by atoms with Gasteiger partial charge in [-0.15, -0.1) is 0 Å². The molecule has 0 aliphatic rings. The predicted molar refractivity (Wildman–Crippen MR) is 137 cm³/mol. The number of halogens is 2. The van der Waals surface area contributed by atoms with Crippen LogP contribution in [-0.4, -0.2) is 30.6 Å². The largest absolute Gasteiger partial charge is 0.508 e. The molecule has 0 radical (unpaired) electrons. The Hall–Kier alpha value is -4.11. The van der Waals surface area contributed by atoms with Gasteiger partial charge in [-0.3, -0.25) is 9.59 Å². The van der Waals surface area contributed by atoms with E-state index in [2.05, 4.69) is 10.6 Å². The van der Waals surface area contributed by atoms with Crippen molar-refractivity contribution in [1.82, 2.24) is 0 Å². The van der Waals surface area contributed by atoms with E-state index in [1.165, 1.54) is 61.7 Å². The van der Waals surface area contributed by atoms with E-state index >= 15 is 0 Å². The van der Waals surface area contributed by atoms with Crippen molar-refractivity contribution in [2.45, 2.75) is 0 Å². The van der Waals surface area contributed by atoms with Gasteiger partial charge >= 0.3 is 0 Å². The van der Waals surface area contributed by atoms with Crippen LogP contribution < -0.4 is 20.1 Å². The van der Waals surface area contributed by atoms with E-state index < -0.39 is 17.6 Å². The number of hydrogen-bond acceptors (Lipinski definition) is 6. The molecule has 35 heavy (non-hydrogen) atoms. The van der Waals surface area contributed by atoms with Crippen molar-refractivity contribution < 1.29 is 28.6 Å². The maximum atomic E-state index is 13.0. The van der Waals surface area contributed by atoms with Gasteiger partial charge < -0.3 is 25.2 Å². The van der Waals surface area contributed by atoms with Crippen LogP contribution in [0.15, 0.2) is 66.2 Å². The molecule has 0 unspecified atom stereocenters. The molecule has 2 amide bonds. The Labute approximate surface area is 214 Å². The number of aromatic hydroxyl groups is 1. The van der Waals surface area contributed by atoms with Crippen LogP contribution in [0.2, 0.25) is 0 Å². The highest BCUT2D eigenvalue weighted by Crippen LogP contribution is 2.34. The van der Waals surface area contributed by atoms with E-state index in [1.54, 1.807) is 12.1 Å². The molecule has 8 nitrogen and oxygen atoms in total. The van der Waals surface area contributed by atoms with Gasteiger partial charge in [0.2, 0.25) is 0 Å². The van der Waals surface area contributed by atoms with Crippen molar-refractivity contribution in [3.63, 3.8) is 0 Å². The van der Waals surface area contributed by atoms with Crippen LogP contribution in [0.25, 0.3) is 6.08 Å². The second kappa shape index (κ2) is 11.8. The molecule has 3 N–H and O–H groups in total. The number of methoxy groups -OCH3 is 1. The number of phenolic OH excluding ortho intramolecular Hbond substituents is 1. The van der Waals surface area contributed by atoms with Gasteiger partial charge in [0.05, 0.1) is 10.7 Å². The summed E-state index contributed by atoms with van der Waals surface area (Å²) in [6.45, 7) is -0.322. The fourth-order valence-electron chi connectivity index (χ4n) is 2.89. The van der Waals surface area contributed by atoms with E-state index in [0.717, 1.165) is 0 Å². The second-order valence-electron chi connectivity index (χ2n) is 7.05. The van der Waals surface area contributed by atoms with Crippen LogP contribution in [0.3, 0.4) is 0 Å². The predicted octanol–water partition coefficient (Wildman–Crippen LogP) is 4.71. The zero-order valence-corrected chi connectivity index (χ0v) is 20.5. The Morgan fingerprint density at radius 1 is 1.09 bits per heavy atom. The summed E-state index contributed by atoms with van der Waals surface area (Å²) in [6.07, 6.45) is 1.39. The third-order valence-electron chi connectivity index (χ3n) is 4.53. The molecule has 0 bridgehead atoms. The zero-order chi connectivity index (χ0) is 25.4. The highest BCUT2D eigenvalue weighted by Gasteiger charge is 2.15. The van der Waals surface area contributed by atoms with Crippen molar-refractivity contribution in [3.05, 3.63) is 81.2 Å². The van der Waals surface area contributed by atoms with Gasteiger partial charge in [0.1, 0.15) is 23.2 Å². The second-order valence-corrected chi connectivity index (χ2v) is 8.21. The van der Waals surface area contributed by atoms with Gasteiger partial charge in [0.15, 0.2) is 18.1 Å². The molecule has 0 aromatic heterocycles. The minimum Gasteiger partial charge on any atom is -0.508 e. The number of hydrogen-bond donors (Lipinski definition) is 3. The minimum atomic E-state index is -0.620. The maximum absolute atomic E-state index is 13.0. The molecule has 0 fully saturated rings. The number of anilines is 2. The van der Waals surface area contributed by atoms with Crippen molar-refractivity contribution in [2.75, 3.05) is 24.4 Å². The Morgan fingerprint density at radius 3 is 2.34 bits per heavy atom. The third-order valence-corrected chi connectivity index (χ3v) is 5.33. The fraction of sp³-hybridized carbons (Fsp3) is 0.0800. The SMILES string of the molecule is COc1cc(/C=C(\C#N)C(=O)Nc2ccc(O)cc2)cc(I)c1OCC(=O)Nc1ccc(F)cc1. The first kappa shape index (κ1) is 25.5. The van der Waals surface area contributed by atoms with E-state index in [4.69, 9.17) is 9.47 Å². The van der Waals surface area contributed by atoms with Gasteiger partial charge in [0, 0.05) is 11.4 Å². The normalized spacial score (nSPS) is 10.7. The Balaban J connectivity index is 1.72. The molecular weight excluding hydrogens is 568 g/mol. The molecule has 0 spiro atoms. The summed E-state index contributed by atoms with van der Waals surface area (Å²) in [5.41, 5.74) is 1.20. The number of carbonyl (C=O) groups excluding carboxylic acids is 2. The van der Waals surface area contributed by atoms with Crippen molar-refractivity contribution in [1.29, 1.82) is 5.26 Å². The van der Waals surface area contributed by atoms with Gasteiger partial charge in [0.25, 0.3) is 11.8 Å². The molecule has 3 rings (SSSR count). The highest BCUT2D eigenvalue weighted by atomic mass is 127. The van der Waals surface area contributed by atoms with Crippen LogP contribution in [0, 0.1) is 20.7 Å². The van der Waals surface area contributed by atoms with E-state index in [0.29, 0.717) is 32.0 Å². The van der Waals surface area contributed by atoms with Gasteiger partial charge in [-0.2, -0.15) is 5.26 Å². The summed E-state index contributed by atoms with van der Waals surface area (Å²) >= 11 is 1.99. The van der Waals surface area contributed by atoms with Crippen LogP contribution >= 0.6 is 22.6 Å². The van der Waals surface area contributed by atoms with Crippen LogP contribution in [0.4, 0.5) is 15.8 Å². The first-order valence-corrected chi connectivity index (χ1v) is 11.1. The lowest BCUT2D eigenvalue weighted by Crippen LogP contribution is -2.20. The molecule has 3 aromatic rings. The van der Waals surface area contributed by atoms with Crippen molar-refractivity contribution in [3.8, 4) is 23.3 Å². The number of benzene rings is 3. The first-order chi connectivity index (χ1) is 16.8. The molecule has 0 saturated carbocycles. The molecule has 0 aliphatic carbocycles. The average Bonchev–Trinajstić information content (AvgIpc) is 2.84. The summed E-state index contributed by atoms with van der Waals surface area (Å²) in [4.78, 5) is 24.7. The maximum Gasteiger partial charge on any atom is 0.266 e. The number of carbonyl (C=O) groups is 2. The highest BCUT2D eigenvalue weighted by molar-refractivity contribution is 14.1. The molecule has 0 heterocycles. The standard InChI is InChI=1S/C25H19FIN3O5/c1-34-22-12-15(10-16(13-28)25(33)30-19-6-8-20(31)9-7-19)11-21(27)24(22)35-14-23(32)29-18-4-2-17(26)3-5-18/h2-12,31H,14H2,1H3,(H,29,32)(H,30,33)/b16-10+. The number of phenols is 1. The Morgan fingerprint density at radius 2 is 1.71 bits per heavy atom. The minimum absolute atomic E-state index is 0.0518. The molecule has 10 heteroatoms. The average molecular weight is 587 g/mol. The molecule has 0 atom stereocenters. The lowest BCUT2D eigenvalue weighted by Gasteiger charge is -2.14. The topological polar surface area (TPSA) is 121 Å². The van der Waals surface area contributed by atoms with Crippen LogP contribution in [0.5, 0.6) is 17.2 Å². The molecule has 178 valence electrons. The Kier molecular flexibility index (Phi) is 8.63. The fourth-order valence-corrected chi connectivity index (χ4v) is 3.67. The van der Waals surface area contributed by atoms with Crippen LogP contribution in [0.1, 0.15) is 5.56 Å². The summed E-state index contributed by atoms with van der Waals surface area (Å²) in [5.74, 6) is -0.817. The van der Waals surface area contributed by atoms with Crippen molar-refractivity contribution in [2.24, 2.45) is 0 Å². The van der Waals surface area contributed by atoms with Gasteiger partial charge in [-0.25, -0.2) is 4.39 Å². The summed E-state index contributed by atoms with van der Waals surface area (Å²) in [7, 11) is 1.42. The third kappa shape index (κ3) is 7.18. The monoisotopic (exact) mass is 587 g/mol. The van der Waals surface area contributed by atoms with E-state index in [1.807, 2.05) is 28.7 Å². The number of rotatable bonds is 8.